The first-order valence-corrected chi connectivity index (χ1v) is 9.58. The number of benzene rings is 1. The fraction of sp³-hybridized carbons (Fsp3) is 0.474. The van der Waals surface area contributed by atoms with Crippen molar-refractivity contribution in [3.63, 3.8) is 0 Å². The number of aromatic nitrogens is 1. The first-order valence-electron chi connectivity index (χ1n) is 8.76. The number of hydrogen-bond acceptors (Lipinski definition) is 5. The van der Waals surface area contributed by atoms with Gasteiger partial charge in [-0.1, -0.05) is 0 Å². The molecule has 134 valence electrons. The van der Waals surface area contributed by atoms with Crippen molar-refractivity contribution in [2.75, 3.05) is 13.2 Å². The van der Waals surface area contributed by atoms with E-state index in [-0.39, 0.29) is 18.0 Å². The summed E-state index contributed by atoms with van der Waals surface area (Å²) in [6.45, 7) is 7.30. The van der Waals surface area contributed by atoms with Gasteiger partial charge in [0.2, 0.25) is 0 Å². The van der Waals surface area contributed by atoms with E-state index in [0.29, 0.717) is 6.61 Å². The topological polar surface area (TPSA) is 68.5 Å². The van der Waals surface area contributed by atoms with Crippen LogP contribution >= 0.6 is 11.3 Å². The lowest BCUT2D eigenvalue weighted by atomic mass is 9.99. The number of nitrogens with two attached hydrogens (primary N) is 1. The Bertz CT molecular complexity index is 742. The summed E-state index contributed by atoms with van der Waals surface area (Å²) in [6.07, 6.45) is 1.72. The smallest absolute Gasteiger partial charge is 0.266 e. The monoisotopic (exact) mass is 359 g/mol. The van der Waals surface area contributed by atoms with Gasteiger partial charge in [-0.15, -0.1) is 11.3 Å². The average molecular weight is 359 g/mol. The Morgan fingerprint density at radius 2 is 2.12 bits per heavy atom. The van der Waals surface area contributed by atoms with Crippen molar-refractivity contribution < 1.29 is 9.53 Å². The van der Waals surface area contributed by atoms with Gasteiger partial charge >= 0.3 is 0 Å². The summed E-state index contributed by atoms with van der Waals surface area (Å²) in [7, 11) is 0. The minimum absolute atomic E-state index is 0.0755. The van der Waals surface area contributed by atoms with Crippen LogP contribution in [0.5, 0.6) is 5.75 Å². The van der Waals surface area contributed by atoms with Crippen LogP contribution in [0.15, 0.2) is 24.3 Å². The van der Waals surface area contributed by atoms with Crippen LogP contribution in [0.1, 0.15) is 42.1 Å². The molecule has 0 bridgehead atoms. The van der Waals surface area contributed by atoms with E-state index in [1.165, 1.54) is 11.3 Å². The van der Waals surface area contributed by atoms with Gasteiger partial charge in [-0.2, -0.15) is 0 Å². The Kier molecular flexibility index (Phi) is 5.39. The van der Waals surface area contributed by atoms with Gasteiger partial charge in [0, 0.05) is 24.2 Å². The first-order chi connectivity index (χ1) is 12.0. The average Bonchev–Trinajstić information content (AvgIpc) is 2.97. The highest BCUT2D eigenvalue weighted by Crippen LogP contribution is 2.31. The highest BCUT2D eigenvalue weighted by molar-refractivity contribution is 7.17. The number of carbonyl (C=O) groups is 1. The molecule has 5 nitrogen and oxygen atoms in total. The molecule has 2 aromatic rings. The number of likely N-dealkylation sites (tertiary alicyclic amines) is 1. The standard InChI is InChI=1S/C19H25N3O2S/c1-4-24-16-7-5-14(6-8-16)18-21-13(3)17(25-18)19(23)22-10-9-15(20)11-12(22)2/h5-8,12,15H,4,9-11,20H2,1-3H3/t12-,15-/m0/s1. The fourth-order valence-electron chi connectivity index (χ4n) is 3.22. The number of amides is 1. The van der Waals surface area contributed by atoms with Crippen molar-refractivity contribution in [1.29, 1.82) is 0 Å². The molecule has 1 amide bonds. The van der Waals surface area contributed by atoms with Crippen molar-refractivity contribution in [3.05, 3.63) is 34.8 Å². The van der Waals surface area contributed by atoms with Gasteiger partial charge in [0.05, 0.1) is 12.3 Å². The van der Waals surface area contributed by atoms with E-state index in [1.54, 1.807) is 0 Å². The number of nitrogens with zero attached hydrogens (tertiary/aromatic N) is 2. The Labute approximate surface area is 152 Å². The van der Waals surface area contributed by atoms with Crippen molar-refractivity contribution in [2.45, 2.75) is 45.7 Å². The number of ether oxygens (including phenoxy) is 1. The van der Waals surface area contributed by atoms with E-state index in [9.17, 15) is 4.79 Å². The van der Waals surface area contributed by atoms with E-state index >= 15 is 0 Å². The maximum absolute atomic E-state index is 13.0. The van der Waals surface area contributed by atoms with Gasteiger partial charge in [-0.05, 0) is 57.9 Å². The van der Waals surface area contributed by atoms with Gasteiger partial charge in [0.1, 0.15) is 15.6 Å². The second-order valence-corrected chi connectivity index (χ2v) is 7.52. The van der Waals surface area contributed by atoms with Crippen LogP contribution in [0, 0.1) is 6.92 Å². The van der Waals surface area contributed by atoms with Crippen molar-refractivity contribution >= 4 is 17.2 Å². The summed E-state index contributed by atoms with van der Waals surface area (Å²) in [5, 5.41) is 0.866. The summed E-state index contributed by atoms with van der Waals surface area (Å²) in [4.78, 5) is 20.2. The number of aryl methyl sites for hydroxylation is 1. The molecule has 0 saturated carbocycles. The van der Waals surface area contributed by atoms with Crippen LogP contribution in [0.3, 0.4) is 0 Å². The molecule has 0 radical (unpaired) electrons. The van der Waals surface area contributed by atoms with Crippen molar-refractivity contribution in [1.82, 2.24) is 9.88 Å². The minimum Gasteiger partial charge on any atom is -0.494 e. The molecule has 1 saturated heterocycles. The molecule has 1 aromatic heterocycles. The lowest BCUT2D eigenvalue weighted by molar-refractivity contribution is 0.0623. The number of hydrogen-bond donors (Lipinski definition) is 1. The molecular formula is C19H25N3O2S. The van der Waals surface area contributed by atoms with E-state index in [2.05, 4.69) is 11.9 Å². The quantitative estimate of drug-likeness (QED) is 0.907. The SMILES string of the molecule is CCOc1ccc(-c2nc(C)c(C(=O)N3CC[C@H](N)C[C@@H]3C)s2)cc1. The Balaban J connectivity index is 1.81. The number of rotatable bonds is 4. The van der Waals surface area contributed by atoms with Gasteiger partial charge in [-0.25, -0.2) is 4.98 Å². The number of thiazole rings is 1. The lowest BCUT2D eigenvalue weighted by Crippen LogP contribution is -2.48. The summed E-state index contributed by atoms with van der Waals surface area (Å²) < 4.78 is 5.48. The predicted octanol–water partition coefficient (Wildman–Crippen LogP) is 3.47. The lowest BCUT2D eigenvalue weighted by Gasteiger charge is -2.36. The molecule has 6 heteroatoms. The highest BCUT2D eigenvalue weighted by atomic mass is 32.1. The third-order valence-corrected chi connectivity index (χ3v) is 5.78. The zero-order chi connectivity index (χ0) is 18.0. The Hall–Kier alpha value is -1.92. The van der Waals surface area contributed by atoms with E-state index < -0.39 is 0 Å². The molecule has 1 aliphatic rings. The van der Waals surface area contributed by atoms with Gasteiger partial charge in [0.25, 0.3) is 5.91 Å². The summed E-state index contributed by atoms with van der Waals surface area (Å²) in [5.41, 5.74) is 7.81. The summed E-state index contributed by atoms with van der Waals surface area (Å²) >= 11 is 1.46. The number of carbonyl (C=O) groups excluding carboxylic acids is 1. The molecule has 1 fully saturated rings. The van der Waals surface area contributed by atoms with E-state index in [4.69, 9.17) is 10.5 Å². The molecule has 1 aliphatic heterocycles. The molecule has 2 heterocycles. The van der Waals surface area contributed by atoms with Crippen LogP contribution in [0.4, 0.5) is 0 Å². The highest BCUT2D eigenvalue weighted by Gasteiger charge is 2.30. The Morgan fingerprint density at radius 3 is 2.76 bits per heavy atom. The van der Waals surface area contributed by atoms with Gasteiger partial charge in [0.15, 0.2) is 0 Å². The second-order valence-electron chi connectivity index (χ2n) is 6.52. The number of piperidine rings is 1. The van der Waals surface area contributed by atoms with E-state index in [1.807, 2.05) is 43.0 Å². The molecule has 2 atom stereocenters. The first kappa shape index (κ1) is 17.9. The van der Waals surface area contributed by atoms with Crippen LogP contribution in [0.25, 0.3) is 10.6 Å². The fourth-order valence-corrected chi connectivity index (χ4v) is 4.25. The summed E-state index contributed by atoms with van der Waals surface area (Å²) in [5.74, 6) is 0.917. The third kappa shape index (κ3) is 3.85. The zero-order valence-corrected chi connectivity index (χ0v) is 15.8. The molecule has 0 aliphatic carbocycles. The van der Waals surface area contributed by atoms with Crippen LogP contribution in [-0.2, 0) is 0 Å². The molecule has 2 N–H and O–H groups in total. The Morgan fingerprint density at radius 1 is 1.40 bits per heavy atom. The van der Waals surface area contributed by atoms with Crippen LogP contribution in [-0.4, -0.2) is 41.0 Å². The summed E-state index contributed by atoms with van der Waals surface area (Å²) in [6, 6.07) is 8.21. The zero-order valence-electron chi connectivity index (χ0n) is 15.0. The van der Waals surface area contributed by atoms with Crippen LogP contribution < -0.4 is 10.5 Å². The molecule has 25 heavy (non-hydrogen) atoms. The molecular weight excluding hydrogens is 334 g/mol. The van der Waals surface area contributed by atoms with Gasteiger partial charge in [-0.3, -0.25) is 4.79 Å². The predicted molar refractivity (Wildman–Crippen MR) is 101 cm³/mol. The van der Waals surface area contributed by atoms with E-state index in [0.717, 1.165) is 46.3 Å². The maximum Gasteiger partial charge on any atom is 0.266 e. The van der Waals surface area contributed by atoms with Crippen molar-refractivity contribution in [3.8, 4) is 16.3 Å². The van der Waals surface area contributed by atoms with Gasteiger partial charge < -0.3 is 15.4 Å². The third-order valence-electron chi connectivity index (χ3n) is 4.58. The molecule has 3 rings (SSSR count). The molecule has 0 unspecified atom stereocenters. The molecule has 0 spiro atoms. The minimum atomic E-state index is 0.0755. The largest absolute Gasteiger partial charge is 0.494 e. The normalized spacial score (nSPS) is 20.6. The maximum atomic E-state index is 13.0. The molecule has 1 aromatic carbocycles. The van der Waals surface area contributed by atoms with Crippen LogP contribution in [0.2, 0.25) is 0 Å². The second kappa shape index (κ2) is 7.54. The van der Waals surface area contributed by atoms with Crippen molar-refractivity contribution in [2.24, 2.45) is 5.73 Å².